The molecule has 12 N–H and O–H groups in total. The highest BCUT2D eigenvalue weighted by Crippen LogP contribution is 2.54. The van der Waals surface area contributed by atoms with E-state index in [-0.39, 0.29) is 71.5 Å². The fourth-order valence-corrected chi connectivity index (χ4v) is 3.65. The first kappa shape index (κ1) is 33.7. The van der Waals surface area contributed by atoms with E-state index < -0.39 is 11.9 Å². The summed E-state index contributed by atoms with van der Waals surface area (Å²) in [5.74, 6) is -2.26. The summed E-state index contributed by atoms with van der Waals surface area (Å²) >= 11 is 0. The topological polar surface area (TPSA) is 314 Å². The van der Waals surface area contributed by atoms with Crippen LogP contribution in [0.5, 0.6) is 0 Å². The molecule has 0 bridgehead atoms. The van der Waals surface area contributed by atoms with Gasteiger partial charge in [0, 0.05) is 6.20 Å². The Bertz CT molecular complexity index is 1500. The number of ether oxygens (including phenoxy) is 2. The van der Waals surface area contributed by atoms with Crippen molar-refractivity contribution in [2.24, 2.45) is 43.2 Å². The Balaban J connectivity index is 1.42. The van der Waals surface area contributed by atoms with Gasteiger partial charge in [-0.2, -0.15) is 25.5 Å². The highest BCUT2D eigenvalue weighted by Gasteiger charge is 2.46. The summed E-state index contributed by atoms with van der Waals surface area (Å²) in [4.78, 5) is 40.1. The molecule has 2 aromatic heterocycles. The van der Waals surface area contributed by atoms with E-state index in [1.165, 1.54) is 11.2 Å². The van der Waals surface area contributed by atoms with Gasteiger partial charge in [0.05, 0.1) is 11.7 Å². The molecular formula is C24H39N17O4. The zero-order valence-corrected chi connectivity index (χ0v) is 25.8. The van der Waals surface area contributed by atoms with E-state index in [2.05, 4.69) is 75.6 Å². The number of hydrogen-bond acceptors (Lipinski definition) is 14. The summed E-state index contributed by atoms with van der Waals surface area (Å²) < 4.78 is 9.96. The molecule has 244 valence electrons. The van der Waals surface area contributed by atoms with Gasteiger partial charge >= 0.3 is 11.9 Å². The van der Waals surface area contributed by atoms with Crippen molar-refractivity contribution in [2.45, 2.75) is 54.0 Å². The molecule has 0 amide bonds. The van der Waals surface area contributed by atoms with Crippen molar-refractivity contribution in [3.05, 3.63) is 23.5 Å². The molecule has 21 nitrogen and oxygen atoms in total. The Kier molecular flexibility index (Phi) is 10.6. The lowest BCUT2D eigenvalue weighted by molar-refractivity contribution is -0.166. The lowest BCUT2D eigenvalue weighted by Gasteiger charge is -2.50. The van der Waals surface area contributed by atoms with Gasteiger partial charge in [-0.1, -0.05) is 45.9 Å². The number of H-pyrrole nitrogens is 2. The van der Waals surface area contributed by atoms with E-state index >= 15 is 0 Å². The number of esters is 2. The predicted molar refractivity (Wildman–Crippen MR) is 162 cm³/mol. The minimum Gasteiger partial charge on any atom is -0.453 e. The maximum absolute atomic E-state index is 12.0. The Morgan fingerprint density at radius 2 is 1.64 bits per heavy atom. The van der Waals surface area contributed by atoms with Crippen LogP contribution in [0, 0.1) is 16.4 Å². The summed E-state index contributed by atoms with van der Waals surface area (Å²) in [7, 11) is 0. The number of aromatic nitrogens is 6. The molecule has 1 atom stereocenters. The Morgan fingerprint density at radius 3 is 2.22 bits per heavy atom. The Morgan fingerprint density at radius 1 is 1.04 bits per heavy atom. The third-order valence-electron chi connectivity index (χ3n) is 7.26. The van der Waals surface area contributed by atoms with Crippen LogP contribution in [-0.2, 0) is 19.1 Å². The zero-order chi connectivity index (χ0) is 33.4. The standard InChI is InChI=1S/C24H39N17O4/c1-7-12(2)41(40-28)22-33-21(38-39-22)31-18(27)35-34-17(26)30-20-32-19(36-37-20)29-9-14(25)11-45-16(43)15(42)44-10-13-8-23(3,4)24(13,5)6/h8-9,12,28H,7,10-11,25H2,1-6H3,(H4,27,31,33,35,38,39)(H5,26,29,30,32,34,36,37)/b14-9-,40-28?. The number of aromatic amines is 2. The van der Waals surface area contributed by atoms with Crippen LogP contribution in [0.15, 0.2) is 38.8 Å². The second-order valence-corrected chi connectivity index (χ2v) is 10.9. The Labute approximate surface area is 258 Å². The number of carbonyl (C=O) groups excluding carboxylic acids is 2. The van der Waals surface area contributed by atoms with Crippen LogP contribution >= 0.6 is 0 Å². The molecule has 0 fully saturated rings. The maximum Gasteiger partial charge on any atom is 0.417 e. The largest absolute Gasteiger partial charge is 0.453 e. The first-order valence-corrected chi connectivity index (χ1v) is 13.7. The molecule has 2 heterocycles. The summed E-state index contributed by atoms with van der Waals surface area (Å²) in [6, 6.07) is -0.0911. The summed E-state index contributed by atoms with van der Waals surface area (Å²) in [5.41, 5.74) is 30.6. The van der Waals surface area contributed by atoms with Crippen molar-refractivity contribution in [1.82, 2.24) is 41.2 Å². The van der Waals surface area contributed by atoms with Crippen LogP contribution < -0.4 is 38.4 Å². The molecule has 0 spiro atoms. The lowest BCUT2D eigenvalue weighted by Crippen LogP contribution is -2.48. The quantitative estimate of drug-likeness (QED) is 0.0293. The smallest absolute Gasteiger partial charge is 0.417 e. The van der Waals surface area contributed by atoms with Crippen LogP contribution in [0.25, 0.3) is 0 Å². The van der Waals surface area contributed by atoms with E-state index in [9.17, 15) is 9.59 Å². The monoisotopic (exact) mass is 629 g/mol. The molecule has 3 rings (SSSR count). The third kappa shape index (κ3) is 8.64. The molecule has 21 heteroatoms. The van der Waals surface area contributed by atoms with Crippen LogP contribution in [0.3, 0.4) is 0 Å². The molecular weight excluding hydrogens is 590 g/mol. The number of nitrogens with two attached hydrogens (primary N) is 3. The first-order chi connectivity index (χ1) is 21.2. The highest BCUT2D eigenvalue weighted by atomic mass is 16.6. The second-order valence-electron chi connectivity index (χ2n) is 10.9. The fourth-order valence-electron chi connectivity index (χ4n) is 3.65. The van der Waals surface area contributed by atoms with Crippen molar-refractivity contribution in [3.8, 4) is 0 Å². The number of nitrogens with zero attached hydrogens (tertiary/aromatic N) is 8. The van der Waals surface area contributed by atoms with Gasteiger partial charge in [-0.25, -0.2) is 24.8 Å². The van der Waals surface area contributed by atoms with E-state index in [1.54, 1.807) is 0 Å². The van der Waals surface area contributed by atoms with Crippen molar-refractivity contribution < 1.29 is 19.1 Å². The molecule has 1 aliphatic carbocycles. The van der Waals surface area contributed by atoms with E-state index in [1.807, 2.05) is 33.8 Å². The van der Waals surface area contributed by atoms with Gasteiger partial charge in [-0.15, -0.1) is 10.2 Å². The fraction of sp³-hybridized carbons (Fsp3) is 0.500. The SMILES string of the molecule is CCC(C)N(N=N)c1n[nH]c(/N=C(/N)NN/C(N)=N/c2nc(N/C=C(\N)COC(=O)C(=O)OCC3=CC(C)(C)C3(C)C)n[nH]2)n1. The van der Waals surface area contributed by atoms with Crippen molar-refractivity contribution >= 4 is 47.7 Å². The van der Waals surface area contributed by atoms with Crippen LogP contribution in [0.2, 0.25) is 0 Å². The van der Waals surface area contributed by atoms with Gasteiger partial charge in [0.25, 0.3) is 5.95 Å². The zero-order valence-electron chi connectivity index (χ0n) is 25.8. The highest BCUT2D eigenvalue weighted by molar-refractivity contribution is 6.29. The molecule has 0 radical (unpaired) electrons. The molecule has 0 saturated heterocycles. The number of allylic oxidation sites excluding steroid dienone is 1. The summed E-state index contributed by atoms with van der Waals surface area (Å²) in [5, 5.41) is 20.4. The minimum atomic E-state index is -1.17. The number of rotatable bonds is 12. The molecule has 0 saturated carbocycles. The van der Waals surface area contributed by atoms with Gasteiger partial charge in [0.2, 0.25) is 29.8 Å². The summed E-state index contributed by atoms with van der Waals surface area (Å²) in [6.45, 7) is 11.7. The van der Waals surface area contributed by atoms with Gasteiger partial charge in [-0.3, -0.25) is 10.9 Å². The van der Waals surface area contributed by atoms with Gasteiger partial charge in [0.15, 0.2) is 0 Å². The number of hydrazine groups is 1. The van der Waals surface area contributed by atoms with E-state index in [0.29, 0.717) is 0 Å². The van der Waals surface area contributed by atoms with E-state index in [4.69, 9.17) is 32.2 Å². The molecule has 1 unspecified atom stereocenters. The molecule has 45 heavy (non-hydrogen) atoms. The average Bonchev–Trinajstić information content (AvgIpc) is 3.65. The average molecular weight is 630 g/mol. The van der Waals surface area contributed by atoms with Crippen molar-refractivity contribution in [2.75, 3.05) is 23.5 Å². The molecule has 0 aliphatic heterocycles. The maximum atomic E-state index is 12.0. The number of hydrogen-bond donors (Lipinski definition) is 9. The third-order valence-corrected chi connectivity index (χ3v) is 7.26. The van der Waals surface area contributed by atoms with Gasteiger partial charge in [-0.05, 0) is 29.7 Å². The number of guanidine groups is 2. The molecule has 0 aromatic carbocycles. The second kappa shape index (κ2) is 14.1. The van der Waals surface area contributed by atoms with Crippen molar-refractivity contribution in [1.29, 1.82) is 5.53 Å². The van der Waals surface area contributed by atoms with Crippen LogP contribution in [0.1, 0.15) is 48.0 Å². The summed E-state index contributed by atoms with van der Waals surface area (Å²) in [6.07, 6.45) is 4.01. The number of nitrogens with one attached hydrogen (secondary N) is 6. The normalized spacial score (nSPS) is 16.5. The first-order valence-electron chi connectivity index (χ1n) is 13.7. The van der Waals surface area contributed by atoms with Crippen LogP contribution in [-0.4, -0.2) is 73.5 Å². The van der Waals surface area contributed by atoms with Gasteiger partial charge in [0.1, 0.15) is 13.2 Å². The minimum absolute atomic E-state index is 0.00991. The van der Waals surface area contributed by atoms with Gasteiger partial charge < -0.3 is 32.0 Å². The van der Waals surface area contributed by atoms with E-state index in [0.717, 1.165) is 12.0 Å². The number of aliphatic imine (C=N–C) groups is 2. The molecule has 1 aliphatic rings. The van der Waals surface area contributed by atoms with Crippen LogP contribution in [0.4, 0.5) is 23.8 Å². The number of carbonyl (C=O) groups is 2. The van der Waals surface area contributed by atoms with Crippen molar-refractivity contribution in [3.63, 3.8) is 0 Å². The molecule has 2 aromatic rings. The predicted octanol–water partition coefficient (Wildman–Crippen LogP) is 0.451. The lowest BCUT2D eigenvalue weighted by atomic mass is 9.55. The number of anilines is 2. The Hall–Kier alpha value is -5.76.